The average molecular weight is 195 g/mol. The van der Waals surface area contributed by atoms with Crippen molar-refractivity contribution < 1.29 is 4.74 Å². The Morgan fingerprint density at radius 2 is 2.64 bits per heavy atom. The highest BCUT2D eigenvalue weighted by atomic mass is 16.5. The van der Waals surface area contributed by atoms with Crippen molar-refractivity contribution in [2.75, 3.05) is 13.1 Å². The van der Waals surface area contributed by atoms with Crippen molar-refractivity contribution in [3.05, 3.63) is 12.4 Å². The quantitative estimate of drug-likeness (QED) is 0.780. The molecule has 14 heavy (non-hydrogen) atoms. The molecule has 0 aromatic carbocycles. The third-order valence-corrected chi connectivity index (χ3v) is 2.38. The van der Waals surface area contributed by atoms with Crippen LogP contribution >= 0.6 is 0 Å². The molecular formula is C10H17N3O. The molecule has 0 unspecified atom stereocenters. The third-order valence-electron chi connectivity index (χ3n) is 2.38. The van der Waals surface area contributed by atoms with E-state index in [1.54, 1.807) is 6.20 Å². The van der Waals surface area contributed by atoms with Crippen LogP contribution < -0.4 is 10.1 Å². The van der Waals surface area contributed by atoms with Gasteiger partial charge < -0.3 is 10.1 Å². The number of rotatable bonds is 4. The average Bonchev–Trinajstić information content (AvgIpc) is 2.79. The number of nitrogens with zero attached hydrogens (tertiary/aromatic N) is 2. The van der Waals surface area contributed by atoms with E-state index >= 15 is 0 Å². The Balaban J connectivity index is 1.88. The van der Waals surface area contributed by atoms with Crippen LogP contribution in [0.4, 0.5) is 0 Å². The SMILES string of the molecule is CCCn1cc(O[C@@H]2CCNC2)cn1. The summed E-state index contributed by atoms with van der Waals surface area (Å²) in [6, 6.07) is 0. The number of hydrogen-bond donors (Lipinski definition) is 1. The van der Waals surface area contributed by atoms with Crippen LogP contribution in [0.15, 0.2) is 12.4 Å². The minimum absolute atomic E-state index is 0.328. The fourth-order valence-corrected chi connectivity index (χ4v) is 1.68. The molecule has 2 rings (SSSR count). The lowest BCUT2D eigenvalue weighted by molar-refractivity contribution is 0.223. The van der Waals surface area contributed by atoms with Crippen molar-refractivity contribution >= 4 is 0 Å². The number of aromatic nitrogens is 2. The molecule has 0 radical (unpaired) electrons. The zero-order valence-electron chi connectivity index (χ0n) is 8.57. The predicted molar refractivity (Wildman–Crippen MR) is 54.4 cm³/mol. The van der Waals surface area contributed by atoms with E-state index in [-0.39, 0.29) is 0 Å². The van der Waals surface area contributed by atoms with E-state index in [2.05, 4.69) is 17.3 Å². The second kappa shape index (κ2) is 4.46. The van der Waals surface area contributed by atoms with Crippen LogP contribution in [0, 0.1) is 0 Å². The fraction of sp³-hybridized carbons (Fsp3) is 0.700. The Morgan fingerprint density at radius 3 is 3.36 bits per heavy atom. The summed E-state index contributed by atoms with van der Waals surface area (Å²) in [5, 5.41) is 7.49. The molecule has 0 amide bonds. The molecule has 1 fully saturated rings. The van der Waals surface area contributed by atoms with Crippen LogP contribution in [0.3, 0.4) is 0 Å². The van der Waals surface area contributed by atoms with Gasteiger partial charge in [-0.25, -0.2) is 0 Å². The van der Waals surface area contributed by atoms with E-state index in [1.807, 2.05) is 10.9 Å². The monoisotopic (exact) mass is 195 g/mol. The molecule has 1 saturated heterocycles. The predicted octanol–water partition coefficient (Wildman–Crippen LogP) is 1.03. The molecule has 78 valence electrons. The minimum atomic E-state index is 0.328. The summed E-state index contributed by atoms with van der Waals surface area (Å²) in [5.41, 5.74) is 0. The van der Waals surface area contributed by atoms with Gasteiger partial charge in [-0.15, -0.1) is 0 Å². The lowest BCUT2D eigenvalue weighted by atomic mass is 10.3. The highest BCUT2D eigenvalue weighted by Gasteiger charge is 2.16. The van der Waals surface area contributed by atoms with Gasteiger partial charge in [0, 0.05) is 13.1 Å². The van der Waals surface area contributed by atoms with Crippen LogP contribution in [-0.4, -0.2) is 29.0 Å². The lowest BCUT2D eigenvalue weighted by Crippen LogP contribution is -2.19. The van der Waals surface area contributed by atoms with Gasteiger partial charge in [0.05, 0.1) is 12.4 Å². The summed E-state index contributed by atoms with van der Waals surface area (Å²) in [6.45, 7) is 5.13. The maximum atomic E-state index is 5.76. The molecular weight excluding hydrogens is 178 g/mol. The molecule has 4 heteroatoms. The first-order chi connectivity index (χ1) is 6.88. The molecule has 0 aliphatic carbocycles. The molecule has 0 spiro atoms. The molecule has 1 atom stereocenters. The van der Waals surface area contributed by atoms with Crippen LogP contribution in [0.25, 0.3) is 0 Å². The lowest BCUT2D eigenvalue weighted by Gasteiger charge is -2.09. The molecule has 0 bridgehead atoms. The Bertz CT molecular complexity index is 279. The van der Waals surface area contributed by atoms with E-state index < -0.39 is 0 Å². The van der Waals surface area contributed by atoms with E-state index in [0.29, 0.717) is 6.10 Å². The number of nitrogens with one attached hydrogen (secondary N) is 1. The minimum Gasteiger partial charge on any atom is -0.486 e. The molecule has 4 nitrogen and oxygen atoms in total. The van der Waals surface area contributed by atoms with Gasteiger partial charge in [0.15, 0.2) is 5.75 Å². The number of aryl methyl sites for hydroxylation is 1. The summed E-state index contributed by atoms with van der Waals surface area (Å²) >= 11 is 0. The van der Waals surface area contributed by atoms with E-state index in [0.717, 1.165) is 38.2 Å². The van der Waals surface area contributed by atoms with Gasteiger partial charge >= 0.3 is 0 Å². The summed E-state index contributed by atoms with van der Waals surface area (Å²) < 4.78 is 7.68. The first-order valence-corrected chi connectivity index (χ1v) is 5.28. The Morgan fingerprint density at radius 1 is 1.71 bits per heavy atom. The largest absolute Gasteiger partial charge is 0.486 e. The molecule has 1 aliphatic heterocycles. The van der Waals surface area contributed by atoms with Crippen molar-refractivity contribution in [3.8, 4) is 5.75 Å². The van der Waals surface area contributed by atoms with Crippen LogP contribution in [0.1, 0.15) is 19.8 Å². The first kappa shape index (κ1) is 9.52. The summed E-state index contributed by atoms with van der Waals surface area (Å²) in [6.07, 6.45) is 6.30. The van der Waals surface area contributed by atoms with Crippen LogP contribution in [0.5, 0.6) is 5.75 Å². The molecule has 1 N–H and O–H groups in total. The third kappa shape index (κ3) is 2.26. The number of ether oxygens (including phenoxy) is 1. The van der Waals surface area contributed by atoms with Gasteiger partial charge in [-0.1, -0.05) is 6.92 Å². The van der Waals surface area contributed by atoms with Crippen LogP contribution in [-0.2, 0) is 6.54 Å². The Labute approximate surface area is 84.3 Å². The van der Waals surface area contributed by atoms with Crippen molar-refractivity contribution in [2.45, 2.75) is 32.4 Å². The van der Waals surface area contributed by atoms with E-state index in [9.17, 15) is 0 Å². The van der Waals surface area contributed by atoms with Gasteiger partial charge in [0.2, 0.25) is 0 Å². The van der Waals surface area contributed by atoms with Crippen molar-refractivity contribution in [1.29, 1.82) is 0 Å². The summed E-state index contributed by atoms with van der Waals surface area (Å²) in [4.78, 5) is 0. The highest BCUT2D eigenvalue weighted by Crippen LogP contribution is 2.13. The summed E-state index contributed by atoms with van der Waals surface area (Å²) in [5.74, 6) is 0.896. The maximum absolute atomic E-state index is 5.76. The number of hydrogen-bond acceptors (Lipinski definition) is 3. The van der Waals surface area contributed by atoms with Gasteiger partial charge in [0.25, 0.3) is 0 Å². The zero-order chi connectivity index (χ0) is 9.80. The van der Waals surface area contributed by atoms with Gasteiger partial charge in [-0.2, -0.15) is 5.10 Å². The molecule has 2 heterocycles. The molecule has 1 aromatic heterocycles. The second-order valence-electron chi connectivity index (χ2n) is 3.67. The smallest absolute Gasteiger partial charge is 0.157 e. The van der Waals surface area contributed by atoms with Gasteiger partial charge in [0.1, 0.15) is 6.10 Å². The van der Waals surface area contributed by atoms with Crippen LogP contribution in [0.2, 0.25) is 0 Å². The van der Waals surface area contributed by atoms with Crippen molar-refractivity contribution in [3.63, 3.8) is 0 Å². The zero-order valence-corrected chi connectivity index (χ0v) is 8.57. The Kier molecular flexibility index (Phi) is 3.03. The van der Waals surface area contributed by atoms with E-state index in [4.69, 9.17) is 4.74 Å². The van der Waals surface area contributed by atoms with Gasteiger partial charge in [-0.05, 0) is 19.4 Å². The van der Waals surface area contributed by atoms with E-state index in [1.165, 1.54) is 0 Å². The maximum Gasteiger partial charge on any atom is 0.157 e. The Hall–Kier alpha value is -1.03. The highest BCUT2D eigenvalue weighted by molar-refractivity contribution is 5.12. The molecule has 1 aliphatic rings. The van der Waals surface area contributed by atoms with Crippen molar-refractivity contribution in [1.82, 2.24) is 15.1 Å². The molecule has 0 saturated carbocycles. The normalized spacial score (nSPS) is 21.4. The second-order valence-corrected chi connectivity index (χ2v) is 3.67. The van der Waals surface area contributed by atoms with Crippen molar-refractivity contribution in [2.24, 2.45) is 0 Å². The molecule has 1 aromatic rings. The van der Waals surface area contributed by atoms with Gasteiger partial charge in [-0.3, -0.25) is 4.68 Å². The first-order valence-electron chi connectivity index (χ1n) is 5.28. The fourth-order valence-electron chi connectivity index (χ4n) is 1.68. The topological polar surface area (TPSA) is 39.1 Å². The standard InChI is InChI=1S/C10H17N3O/c1-2-5-13-8-10(7-12-13)14-9-3-4-11-6-9/h7-9,11H,2-6H2,1H3/t9-/m1/s1. The summed E-state index contributed by atoms with van der Waals surface area (Å²) in [7, 11) is 0.